The summed E-state index contributed by atoms with van der Waals surface area (Å²) in [5.41, 5.74) is 0. The SMILES string of the molecule is CC(C)c1nnc(N2CCCC(C(=O)NCC(F)F)C2)s1. The van der Waals surface area contributed by atoms with Gasteiger partial charge in [-0.2, -0.15) is 0 Å². The summed E-state index contributed by atoms with van der Waals surface area (Å²) in [6, 6.07) is 0. The maximum Gasteiger partial charge on any atom is 0.255 e. The molecule has 1 aliphatic heterocycles. The maximum atomic E-state index is 12.1. The summed E-state index contributed by atoms with van der Waals surface area (Å²) in [4.78, 5) is 13.9. The molecule has 1 N–H and O–H groups in total. The fourth-order valence-corrected chi connectivity index (χ4v) is 3.16. The molecule has 1 fully saturated rings. The van der Waals surface area contributed by atoms with Crippen LogP contribution in [0.4, 0.5) is 13.9 Å². The molecule has 5 nitrogen and oxygen atoms in total. The number of carbonyl (C=O) groups excluding carboxylic acids is 1. The Morgan fingerprint density at radius 1 is 1.48 bits per heavy atom. The Hall–Kier alpha value is -1.31. The fraction of sp³-hybridized carbons (Fsp3) is 0.769. The Bertz CT molecular complexity index is 480. The second kappa shape index (κ2) is 7.11. The summed E-state index contributed by atoms with van der Waals surface area (Å²) in [5.74, 6) is -0.233. The molecule has 0 spiro atoms. The van der Waals surface area contributed by atoms with E-state index in [1.807, 2.05) is 4.90 Å². The van der Waals surface area contributed by atoms with Crippen LogP contribution < -0.4 is 10.2 Å². The van der Waals surface area contributed by atoms with Gasteiger partial charge in [0, 0.05) is 19.0 Å². The molecule has 1 atom stereocenters. The molecule has 0 radical (unpaired) electrons. The molecule has 1 amide bonds. The third-order valence-electron chi connectivity index (χ3n) is 3.42. The van der Waals surface area contributed by atoms with Gasteiger partial charge in [0.05, 0.1) is 12.5 Å². The number of hydrogen-bond donors (Lipinski definition) is 1. The maximum absolute atomic E-state index is 12.1. The molecule has 1 aromatic rings. The Morgan fingerprint density at radius 2 is 2.24 bits per heavy atom. The molecule has 0 saturated carbocycles. The zero-order chi connectivity index (χ0) is 15.4. The van der Waals surface area contributed by atoms with Crippen molar-refractivity contribution in [3.05, 3.63) is 5.01 Å². The van der Waals surface area contributed by atoms with E-state index in [0.717, 1.165) is 29.5 Å². The van der Waals surface area contributed by atoms with Crippen LogP contribution in [-0.4, -0.2) is 42.2 Å². The van der Waals surface area contributed by atoms with E-state index in [0.29, 0.717) is 12.5 Å². The molecule has 1 aromatic heterocycles. The third kappa shape index (κ3) is 4.33. The largest absolute Gasteiger partial charge is 0.350 e. The highest BCUT2D eigenvalue weighted by Gasteiger charge is 2.28. The lowest BCUT2D eigenvalue weighted by atomic mass is 9.97. The van der Waals surface area contributed by atoms with Crippen molar-refractivity contribution in [2.24, 2.45) is 5.92 Å². The van der Waals surface area contributed by atoms with E-state index >= 15 is 0 Å². The molecule has 1 saturated heterocycles. The van der Waals surface area contributed by atoms with Crippen molar-refractivity contribution in [2.75, 3.05) is 24.5 Å². The number of carbonyl (C=O) groups is 1. The fourth-order valence-electron chi connectivity index (χ4n) is 2.27. The summed E-state index contributed by atoms with van der Waals surface area (Å²) < 4.78 is 24.3. The highest BCUT2D eigenvalue weighted by atomic mass is 32.1. The average molecular weight is 318 g/mol. The Balaban J connectivity index is 1.95. The zero-order valence-electron chi connectivity index (χ0n) is 12.2. The van der Waals surface area contributed by atoms with Crippen molar-refractivity contribution >= 4 is 22.4 Å². The molecule has 2 heterocycles. The first-order valence-corrected chi connectivity index (χ1v) is 7.93. The van der Waals surface area contributed by atoms with Crippen LogP contribution in [0.5, 0.6) is 0 Å². The van der Waals surface area contributed by atoms with Crippen molar-refractivity contribution in [1.82, 2.24) is 15.5 Å². The second-order valence-electron chi connectivity index (χ2n) is 5.50. The summed E-state index contributed by atoms with van der Waals surface area (Å²) >= 11 is 1.53. The molecule has 8 heteroatoms. The number of anilines is 1. The smallest absolute Gasteiger partial charge is 0.255 e. The van der Waals surface area contributed by atoms with Gasteiger partial charge in [-0.3, -0.25) is 4.79 Å². The summed E-state index contributed by atoms with van der Waals surface area (Å²) in [6.45, 7) is 4.88. The van der Waals surface area contributed by atoms with Crippen molar-refractivity contribution in [3.8, 4) is 0 Å². The van der Waals surface area contributed by atoms with Gasteiger partial charge in [-0.1, -0.05) is 25.2 Å². The summed E-state index contributed by atoms with van der Waals surface area (Å²) in [6.07, 6.45) is -0.935. The Kier molecular flexibility index (Phi) is 5.44. The van der Waals surface area contributed by atoms with Crippen LogP contribution in [0.1, 0.15) is 37.6 Å². The van der Waals surface area contributed by atoms with E-state index in [-0.39, 0.29) is 11.8 Å². The molecule has 0 bridgehead atoms. The van der Waals surface area contributed by atoms with Gasteiger partial charge < -0.3 is 10.2 Å². The van der Waals surface area contributed by atoms with Crippen LogP contribution in [-0.2, 0) is 4.79 Å². The lowest BCUT2D eigenvalue weighted by Crippen LogP contribution is -2.44. The highest BCUT2D eigenvalue weighted by Crippen LogP contribution is 2.29. The van der Waals surface area contributed by atoms with Gasteiger partial charge in [0.1, 0.15) is 5.01 Å². The number of halogens is 2. The van der Waals surface area contributed by atoms with Crippen molar-refractivity contribution in [1.29, 1.82) is 0 Å². The van der Waals surface area contributed by atoms with Gasteiger partial charge in [-0.25, -0.2) is 8.78 Å². The molecule has 1 unspecified atom stereocenters. The normalized spacial score (nSPS) is 19.3. The Labute approximate surface area is 126 Å². The number of alkyl halides is 2. The van der Waals surface area contributed by atoms with E-state index in [9.17, 15) is 13.6 Å². The van der Waals surface area contributed by atoms with Crippen molar-refractivity contribution in [3.63, 3.8) is 0 Å². The minimum absolute atomic E-state index is 0.260. The summed E-state index contributed by atoms with van der Waals surface area (Å²) in [5, 5.41) is 12.4. The average Bonchev–Trinajstić information content (AvgIpc) is 2.95. The molecule has 2 rings (SSSR count). The molecular formula is C13H20F2N4OS. The second-order valence-corrected chi connectivity index (χ2v) is 6.49. The van der Waals surface area contributed by atoms with Gasteiger partial charge in [-0.15, -0.1) is 10.2 Å². The van der Waals surface area contributed by atoms with Gasteiger partial charge in [-0.05, 0) is 12.8 Å². The molecule has 1 aliphatic rings. The van der Waals surface area contributed by atoms with Crippen LogP contribution >= 0.6 is 11.3 Å². The summed E-state index contributed by atoms with van der Waals surface area (Å²) in [7, 11) is 0. The van der Waals surface area contributed by atoms with Crippen LogP contribution in [0.3, 0.4) is 0 Å². The standard InChI is InChI=1S/C13H20F2N4OS/c1-8(2)12-17-18-13(21-12)19-5-3-4-9(7-19)11(20)16-6-10(14)15/h8-10H,3-7H2,1-2H3,(H,16,20). The van der Waals surface area contributed by atoms with Crippen LogP contribution in [0.25, 0.3) is 0 Å². The van der Waals surface area contributed by atoms with Gasteiger partial charge in [0.25, 0.3) is 6.43 Å². The van der Waals surface area contributed by atoms with E-state index in [1.165, 1.54) is 11.3 Å². The predicted octanol–water partition coefficient (Wildman–Crippen LogP) is 2.26. The lowest BCUT2D eigenvalue weighted by molar-refractivity contribution is -0.125. The monoisotopic (exact) mass is 318 g/mol. The predicted molar refractivity (Wildman–Crippen MR) is 77.9 cm³/mol. The lowest BCUT2D eigenvalue weighted by Gasteiger charge is -2.31. The Morgan fingerprint density at radius 3 is 2.86 bits per heavy atom. The molecule has 0 aliphatic carbocycles. The highest BCUT2D eigenvalue weighted by molar-refractivity contribution is 7.15. The number of aromatic nitrogens is 2. The first-order chi connectivity index (χ1) is 9.97. The van der Waals surface area contributed by atoms with Crippen LogP contribution in [0.15, 0.2) is 0 Å². The van der Waals surface area contributed by atoms with E-state index < -0.39 is 13.0 Å². The van der Waals surface area contributed by atoms with Gasteiger partial charge in [0.2, 0.25) is 11.0 Å². The first kappa shape index (κ1) is 16.1. The molecule has 21 heavy (non-hydrogen) atoms. The van der Waals surface area contributed by atoms with Crippen LogP contribution in [0.2, 0.25) is 0 Å². The quantitative estimate of drug-likeness (QED) is 0.905. The minimum atomic E-state index is -2.51. The van der Waals surface area contributed by atoms with Gasteiger partial charge >= 0.3 is 0 Å². The van der Waals surface area contributed by atoms with Crippen molar-refractivity contribution < 1.29 is 13.6 Å². The minimum Gasteiger partial charge on any atom is -0.350 e. The topological polar surface area (TPSA) is 58.1 Å². The van der Waals surface area contributed by atoms with Gasteiger partial charge in [0.15, 0.2) is 0 Å². The van der Waals surface area contributed by atoms with E-state index in [4.69, 9.17) is 0 Å². The van der Waals surface area contributed by atoms with E-state index in [1.54, 1.807) is 0 Å². The third-order valence-corrected chi connectivity index (χ3v) is 4.70. The molecule has 0 aromatic carbocycles. The number of nitrogens with zero attached hydrogens (tertiary/aromatic N) is 3. The number of amides is 1. The number of hydrogen-bond acceptors (Lipinski definition) is 5. The number of nitrogens with one attached hydrogen (secondary N) is 1. The number of piperidine rings is 1. The first-order valence-electron chi connectivity index (χ1n) is 7.11. The number of rotatable bonds is 5. The van der Waals surface area contributed by atoms with E-state index in [2.05, 4.69) is 29.4 Å². The molecular weight excluding hydrogens is 298 g/mol. The molecule has 118 valence electrons. The van der Waals surface area contributed by atoms with Crippen LogP contribution in [0, 0.1) is 5.92 Å². The van der Waals surface area contributed by atoms with Crippen molar-refractivity contribution in [2.45, 2.75) is 39.0 Å². The zero-order valence-corrected chi connectivity index (χ0v) is 13.0.